The van der Waals surface area contributed by atoms with E-state index in [-0.39, 0.29) is 18.6 Å². The molecule has 0 saturated carbocycles. The van der Waals surface area contributed by atoms with Gasteiger partial charge in [0.25, 0.3) is 6.35 Å². The van der Waals surface area contributed by atoms with Gasteiger partial charge in [0.05, 0.1) is 25.1 Å². The van der Waals surface area contributed by atoms with Crippen LogP contribution in [-0.4, -0.2) is 51.0 Å². The van der Waals surface area contributed by atoms with E-state index in [1.807, 2.05) is 0 Å². The number of carbonyl (C=O) groups is 1. The lowest BCUT2D eigenvalue weighted by atomic mass is 10.4. The zero-order chi connectivity index (χ0) is 19.1. The first-order chi connectivity index (χ1) is 12.4. The van der Waals surface area contributed by atoms with E-state index in [0.717, 1.165) is 0 Å². The van der Waals surface area contributed by atoms with Crippen LogP contribution in [0.3, 0.4) is 0 Å². The molecule has 2 aromatic heterocycles. The lowest BCUT2D eigenvalue weighted by Crippen LogP contribution is -2.17. The monoisotopic (exact) mass is 386 g/mol. The number of nitrogen functional groups attached to an aromatic ring is 1. The first kappa shape index (κ1) is 20.0. The zero-order valence-electron chi connectivity index (χ0n) is 14.7. The molecule has 0 aliphatic carbocycles. The molecule has 2 heterocycles. The Morgan fingerprint density at radius 3 is 2.81 bits per heavy atom. The highest BCUT2D eigenvalue weighted by Gasteiger charge is 2.22. The highest BCUT2D eigenvalue weighted by Crippen LogP contribution is 2.23. The fourth-order valence-corrected chi connectivity index (χ4v) is 2.57. The molecule has 26 heavy (non-hydrogen) atoms. The van der Waals surface area contributed by atoms with Gasteiger partial charge in [0.1, 0.15) is 11.8 Å². The van der Waals surface area contributed by atoms with Crippen molar-refractivity contribution in [1.29, 1.82) is 0 Å². The third kappa shape index (κ3) is 5.87. The maximum atomic E-state index is 11.7. The fourth-order valence-electron chi connectivity index (χ4n) is 1.95. The first-order valence-electron chi connectivity index (χ1n) is 7.80. The number of imidazole rings is 1. The van der Waals surface area contributed by atoms with Crippen molar-refractivity contribution in [3.63, 3.8) is 0 Å². The average Bonchev–Trinajstić information content (AvgIpc) is 2.97. The van der Waals surface area contributed by atoms with Gasteiger partial charge in [-0.2, -0.15) is 0 Å². The number of fused-ring (bicyclic) bond motifs is 1. The number of nitrogens with zero attached hydrogens (tertiary/aromatic N) is 4. The summed E-state index contributed by atoms with van der Waals surface area (Å²) < 4.78 is 33.2. The second-order valence-electron chi connectivity index (χ2n) is 5.58. The summed E-state index contributed by atoms with van der Waals surface area (Å²) in [6.45, 7) is 5.12. The molecule has 2 aromatic rings. The zero-order valence-corrected chi connectivity index (χ0v) is 15.6. The minimum Gasteiger partial charge on any atom is -0.432 e. The second kappa shape index (κ2) is 9.37. The Bertz CT molecular complexity index is 767. The molecule has 0 bridgehead atoms. The van der Waals surface area contributed by atoms with Gasteiger partial charge in [-0.05, 0) is 25.3 Å². The summed E-state index contributed by atoms with van der Waals surface area (Å²) in [5, 5.41) is 0. The summed E-state index contributed by atoms with van der Waals surface area (Å²) in [5.41, 5.74) is 6.84. The van der Waals surface area contributed by atoms with Crippen LogP contribution in [0.1, 0.15) is 20.8 Å². The number of ether oxygens (including phenoxy) is 3. The largest absolute Gasteiger partial charge is 0.540 e. The number of rotatable bonds is 9. The molecule has 12 heteroatoms. The van der Waals surface area contributed by atoms with Gasteiger partial charge in [0, 0.05) is 0 Å². The smallest absolute Gasteiger partial charge is 0.432 e. The van der Waals surface area contributed by atoms with Crippen molar-refractivity contribution in [2.24, 2.45) is 0 Å². The van der Waals surface area contributed by atoms with Crippen molar-refractivity contribution < 1.29 is 28.1 Å². The van der Waals surface area contributed by atoms with Crippen LogP contribution in [0.15, 0.2) is 12.7 Å². The van der Waals surface area contributed by atoms with Crippen LogP contribution in [0.25, 0.3) is 11.2 Å². The molecule has 0 saturated heterocycles. The van der Waals surface area contributed by atoms with Crippen molar-refractivity contribution in [3.05, 3.63) is 12.7 Å². The molecular weight excluding hydrogens is 365 g/mol. The molecule has 2 N–H and O–H groups in total. The number of aromatic nitrogens is 4. The van der Waals surface area contributed by atoms with Crippen LogP contribution in [0, 0.1) is 0 Å². The molecule has 0 aliphatic rings. The van der Waals surface area contributed by atoms with Gasteiger partial charge < -0.3 is 24.5 Å². The number of carbonyl (C=O) groups excluding carboxylic acids is 1. The standard InChI is InChI=1S/C14H21N5O6P/c1-9(2)25-14(20)22-7-24-26(21)8-23-10(3)4-19-6-18-11-12(15)16-5-17-13(11)19/h5-6,9-10H,4,7-8H2,1-3H3,(H2,15,16,17)/q+1/t10-/m1/s1. The number of anilines is 1. The van der Waals surface area contributed by atoms with Gasteiger partial charge in [0.2, 0.25) is 6.79 Å². The van der Waals surface area contributed by atoms with Crippen LogP contribution >= 0.6 is 8.03 Å². The van der Waals surface area contributed by atoms with Gasteiger partial charge in [0.15, 0.2) is 11.5 Å². The Morgan fingerprint density at radius 1 is 1.31 bits per heavy atom. The van der Waals surface area contributed by atoms with Crippen LogP contribution in [0.5, 0.6) is 0 Å². The molecule has 0 aliphatic heterocycles. The fraction of sp³-hybridized carbons (Fsp3) is 0.571. The van der Waals surface area contributed by atoms with E-state index in [1.165, 1.54) is 6.33 Å². The second-order valence-corrected chi connectivity index (χ2v) is 6.76. The van der Waals surface area contributed by atoms with Crippen molar-refractivity contribution in [2.75, 3.05) is 18.9 Å². The van der Waals surface area contributed by atoms with E-state index in [1.54, 1.807) is 31.7 Å². The van der Waals surface area contributed by atoms with E-state index in [4.69, 9.17) is 19.7 Å². The van der Waals surface area contributed by atoms with Crippen LogP contribution in [-0.2, 0) is 29.8 Å². The quantitative estimate of drug-likeness (QED) is 0.386. The number of hydrogen-bond donors (Lipinski definition) is 1. The summed E-state index contributed by atoms with van der Waals surface area (Å²) in [7, 11) is -2.14. The van der Waals surface area contributed by atoms with Crippen LogP contribution in [0.4, 0.5) is 10.6 Å². The molecule has 0 aromatic carbocycles. The maximum absolute atomic E-state index is 11.7. The number of nitrogens with two attached hydrogens (primary N) is 1. The van der Waals surface area contributed by atoms with Crippen LogP contribution in [0.2, 0.25) is 0 Å². The Morgan fingerprint density at radius 2 is 2.08 bits per heavy atom. The summed E-state index contributed by atoms with van der Waals surface area (Å²) in [6.07, 6.45) is 1.31. The van der Waals surface area contributed by atoms with Crippen molar-refractivity contribution in [1.82, 2.24) is 19.5 Å². The van der Waals surface area contributed by atoms with Crippen molar-refractivity contribution in [2.45, 2.75) is 39.5 Å². The van der Waals surface area contributed by atoms with E-state index < -0.39 is 21.0 Å². The van der Waals surface area contributed by atoms with E-state index in [2.05, 4.69) is 19.7 Å². The Hall–Kier alpha value is -2.36. The van der Waals surface area contributed by atoms with Crippen LogP contribution < -0.4 is 5.73 Å². The third-order valence-corrected chi connectivity index (χ3v) is 3.81. The van der Waals surface area contributed by atoms with Gasteiger partial charge >= 0.3 is 14.2 Å². The minimum absolute atomic E-state index is 0.150. The SMILES string of the molecule is CC(C)OC(=O)OCO[P+](=O)CO[C@H](C)Cn1cnc2c(N)ncnc21. The van der Waals surface area contributed by atoms with Crippen molar-refractivity contribution in [3.8, 4) is 0 Å². The third-order valence-electron chi connectivity index (χ3n) is 3.05. The van der Waals surface area contributed by atoms with Gasteiger partial charge in [-0.1, -0.05) is 0 Å². The Labute approximate surface area is 150 Å². The summed E-state index contributed by atoms with van der Waals surface area (Å²) in [4.78, 5) is 23.3. The highest BCUT2D eigenvalue weighted by molar-refractivity contribution is 7.38. The summed E-state index contributed by atoms with van der Waals surface area (Å²) >= 11 is 0. The van der Waals surface area contributed by atoms with Gasteiger partial charge in [-0.3, -0.25) is 0 Å². The Kier molecular flexibility index (Phi) is 7.19. The van der Waals surface area contributed by atoms with Gasteiger partial charge in [-0.15, -0.1) is 4.52 Å². The molecule has 0 fully saturated rings. The predicted octanol–water partition coefficient (Wildman–Crippen LogP) is 2.05. The normalized spacial score (nSPS) is 13.0. The molecule has 1 unspecified atom stereocenters. The van der Waals surface area contributed by atoms with E-state index in [9.17, 15) is 9.36 Å². The average molecular weight is 386 g/mol. The summed E-state index contributed by atoms with van der Waals surface area (Å²) in [5.74, 6) is 0.301. The first-order valence-corrected chi connectivity index (χ1v) is 9.17. The lowest BCUT2D eigenvalue weighted by Gasteiger charge is -2.10. The van der Waals surface area contributed by atoms with E-state index >= 15 is 0 Å². The van der Waals surface area contributed by atoms with Crippen molar-refractivity contribution >= 4 is 31.2 Å². The number of hydrogen-bond acceptors (Lipinski definition) is 10. The molecule has 0 spiro atoms. The molecule has 0 amide bonds. The molecule has 0 radical (unpaired) electrons. The summed E-state index contributed by atoms with van der Waals surface area (Å²) in [6, 6.07) is 0. The lowest BCUT2D eigenvalue weighted by molar-refractivity contribution is -0.00819. The molecule has 2 atom stereocenters. The topological polar surface area (TPSA) is 141 Å². The van der Waals surface area contributed by atoms with E-state index in [0.29, 0.717) is 23.5 Å². The molecule has 142 valence electrons. The highest BCUT2D eigenvalue weighted by atomic mass is 31.1. The Balaban J connectivity index is 1.72. The minimum atomic E-state index is -2.14. The van der Waals surface area contributed by atoms with Gasteiger partial charge in [-0.25, -0.2) is 19.7 Å². The molecule has 2 rings (SSSR count). The maximum Gasteiger partial charge on any atom is 0.540 e. The molecule has 11 nitrogen and oxygen atoms in total. The predicted molar refractivity (Wildman–Crippen MR) is 91.4 cm³/mol. The molecular formula is C14H21N5O6P+.